The number of rotatable bonds is 29. The van der Waals surface area contributed by atoms with Crippen molar-refractivity contribution < 1.29 is 39.8 Å². The molecule has 9 nitrogen and oxygen atoms in total. The van der Waals surface area contributed by atoms with Gasteiger partial charge in [-0.3, -0.25) is 4.79 Å². The first-order chi connectivity index (χ1) is 22.8. The summed E-state index contributed by atoms with van der Waals surface area (Å²) in [5, 5.41) is 53.7. The Morgan fingerprint density at radius 1 is 0.702 bits per heavy atom. The Hall–Kier alpha value is -1.59. The normalized spacial score (nSPS) is 23.3. The molecule has 0 aliphatic carbocycles. The van der Waals surface area contributed by atoms with Crippen molar-refractivity contribution in [1.82, 2.24) is 5.32 Å². The third-order valence-electron chi connectivity index (χ3n) is 8.69. The Morgan fingerprint density at radius 2 is 1.21 bits per heavy atom. The summed E-state index contributed by atoms with van der Waals surface area (Å²) in [4.78, 5) is 12.8. The van der Waals surface area contributed by atoms with E-state index in [9.17, 15) is 30.3 Å². The number of nitrogens with one attached hydrogen (secondary N) is 1. The summed E-state index contributed by atoms with van der Waals surface area (Å²) in [5.74, 6) is -0.201. The van der Waals surface area contributed by atoms with Gasteiger partial charge in [0.1, 0.15) is 24.4 Å². The van der Waals surface area contributed by atoms with E-state index in [1.165, 1.54) is 64.2 Å². The van der Waals surface area contributed by atoms with Gasteiger partial charge < -0.3 is 40.3 Å². The third kappa shape index (κ3) is 21.2. The van der Waals surface area contributed by atoms with Gasteiger partial charge in [-0.15, -0.1) is 0 Å². The van der Waals surface area contributed by atoms with Gasteiger partial charge in [0.2, 0.25) is 5.91 Å². The van der Waals surface area contributed by atoms with E-state index in [-0.39, 0.29) is 12.5 Å². The van der Waals surface area contributed by atoms with Gasteiger partial charge in [-0.05, 0) is 57.8 Å². The highest BCUT2D eigenvalue weighted by molar-refractivity contribution is 5.76. The van der Waals surface area contributed by atoms with Gasteiger partial charge in [0.05, 0.1) is 25.4 Å². The van der Waals surface area contributed by atoms with E-state index in [1.807, 2.05) is 6.08 Å². The molecule has 1 amide bonds. The molecule has 47 heavy (non-hydrogen) atoms. The van der Waals surface area contributed by atoms with Crippen LogP contribution in [0.5, 0.6) is 0 Å². The molecule has 1 heterocycles. The van der Waals surface area contributed by atoms with E-state index >= 15 is 0 Å². The van der Waals surface area contributed by atoms with Crippen LogP contribution < -0.4 is 5.32 Å². The fourth-order valence-corrected chi connectivity index (χ4v) is 5.57. The zero-order chi connectivity index (χ0) is 34.5. The lowest BCUT2D eigenvalue weighted by Crippen LogP contribution is -2.60. The maximum absolute atomic E-state index is 12.8. The number of carbonyl (C=O) groups is 1. The first kappa shape index (κ1) is 43.4. The van der Waals surface area contributed by atoms with Gasteiger partial charge in [0.15, 0.2) is 6.29 Å². The predicted molar refractivity (Wildman–Crippen MR) is 189 cm³/mol. The highest BCUT2D eigenvalue weighted by Crippen LogP contribution is 2.22. The molecule has 9 heteroatoms. The lowest BCUT2D eigenvalue weighted by molar-refractivity contribution is -0.302. The summed E-state index contributed by atoms with van der Waals surface area (Å²) in [5.41, 5.74) is 0. The number of ether oxygens (including phenoxy) is 2. The molecule has 0 aromatic rings. The van der Waals surface area contributed by atoms with E-state index in [0.29, 0.717) is 6.42 Å². The molecule has 1 rings (SSSR count). The van der Waals surface area contributed by atoms with E-state index in [0.717, 1.165) is 57.8 Å². The van der Waals surface area contributed by atoms with Crippen LogP contribution in [-0.2, 0) is 14.3 Å². The predicted octanol–water partition coefficient (Wildman–Crippen LogP) is 6.16. The summed E-state index contributed by atoms with van der Waals surface area (Å²) in [7, 11) is 0. The number of hydrogen-bond acceptors (Lipinski definition) is 8. The first-order valence-corrected chi connectivity index (χ1v) is 18.7. The van der Waals surface area contributed by atoms with Crippen LogP contribution in [0.3, 0.4) is 0 Å². The standard InChI is InChI=1S/C38H69NO8/c1-3-5-7-9-11-13-15-16-17-18-20-22-24-26-28-34(42)39-31(30-46-38-37(45)36(44)35(43)33(29-40)47-38)32(41)27-25-23-21-19-14-12-10-8-6-4-2/h14-16,19,25,27,31-33,35-38,40-41,43-45H,3-13,17-18,20-24,26,28-30H2,1-2H3,(H,39,42)/b16-15-,19-14+,27-25+. The number of hydrogen-bond donors (Lipinski definition) is 6. The molecular formula is C38H69NO8. The lowest BCUT2D eigenvalue weighted by atomic mass is 9.99. The Kier molecular flexibility index (Phi) is 27.1. The average molecular weight is 668 g/mol. The van der Waals surface area contributed by atoms with Crippen LogP contribution in [0.15, 0.2) is 36.5 Å². The van der Waals surface area contributed by atoms with Crippen molar-refractivity contribution in [1.29, 1.82) is 0 Å². The van der Waals surface area contributed by atoms with Crippen molar-refractivity contribution in [2.75, 3.05) is 13.2 Å². The van der Waals surface area contributed by atoms with Crippen molar-refractivity contribution in [3.63, 3.8) is 0 Å². The Morgan fingerprint density at radius 3 is 1.81 bits per heavy atom. The second-order valence-corrected chi connectivity index (χ2v) is 13.0. The smallest absolute Gasteiger partial charge is 0.220 e. The van der Waals surface area contributed by atoms with E-state index < -0.39 is 49.5 Å². The van der Waals surface area contributed by atoms with E-state index in [1.54, 1.807) is 6.08 Å². The molecule has 274 valence electrons. The van der Waals surface area contributed by atoms with Gasteiger partial charge in [0, 0.05) is 6.42 Å². The van der Waals surface area contributed by atoms with Crippen LogP contribution in [0.2, 0.25) is 0 Å². The molecule has 0 saturated carbocycles. The van der Waals surface area contributed by atoms with Crippen LogP contribution in [0, 0.1) is 0 Å². The summed E-state index contributed by atoms with van der Waals surface area (Å²) in [6.45, 7) is 3.67. The second-order valence-electron chi connectivity index (χ2n) is 13.0. The van der Waals surface area contributed by atoms with Crippen LogP contribution in [-0.4, -0.2) is 87.5 Å². The minimum atomic E-state index is -1.57. The van der Waals surface area contributed by atoms with E-state index in [2.05, 4.69) is 43.5 Å². The number of allylic oxidation sites excluding steroid dienone is 5. The van der Waals surface area contributed by atoms with Gasteiger partial charge in [0.25, 0.3) is 0 Å². The quantitative estimate of drug-likeness (QED) is 0.0411. The minimum absolute atomic E-state index is 0.201. The zero-order valence-corrected chi connectivity index (χ0v) is 29.5. The SMILES string of the molecule is CCCCCC/C=C/CC/C=C/C(O)C(COC1OC(CO)C(O)C(O)C1O)NC(=O)CCCCCCC/C=C\CCCCCCC. The summed E-state index contributed by atoms with van der Waals surface area (Å²) in [6, 6.07) is -0.821. The van der Waals surface area contributed by atoms with Crippen molar-refractivity contribution in [3.8, 4) is 0 Å². The number of unbranched alkanes of at least 4 members (excludes halogenated alkanes) is 15. The number of amides is 1. The van der Waals surface area contributed by atoms with E-state index in [4.69, 9.17) is 9.47 Å². The fourth-order valence-electron chi connectivity index (χ4n) is 5.57. The molecule has 0 bridgehead atoms. The van der Waals surface area contributed by atoms with Gasteiger partial charge in [-0.1, -0.05) is 115 Å². The van der Waals surface area contributed by atoms with Crippen LogP contribution in [0.1, 0.15) is 142 Å². The van der Waals surface area contributed by atoms with Crippen molar-refractivity contribution >= 4 is 5.91 Å². The highest BCUT2D eigenvalue weighted by atomic mass is 16.7. The minimum Gasteiger partial charge on any atom is -0.394 e. The topological polar surface area (TPSA) is 149 Å². The lowest BCUT2D eigenvalue weighted by Gasteiger charge is -2.40. The number of aliphatic hydroxyl groups excluding tert-OH is 5. The third-order valence-corrected chi connectivity index (χ3v) is 8.69. The number of carbonyl (C=O) groups excluding carboxylic acids is 1. The van der Waals surface area contributed by atoms with Crippen molar-refractivity contribution in [3.05, 3.63) is 36.5 Å². The summed E-state index contributed by atoms with van der Waals surface area (Å²) >= 11 is 0. The van der Waals surface area contributed by atoms with Gasteiger partial charge >= 0.3 is 0 Å². The Balaban J connectivity index is 2.49. The van der Waals surface area contributed by atoms with Crippen LogP contribution in [0.4, 0.5) is 0 Å². The fraction of sp³-hybridized carbons (Fsp3) is 0.816. The Bertz CT molecular complexity index is 833. The molecule has 0 radical (unpaired) electrons. The molecule has 1 aliphatic heterocycles. The molecule has 0 spiro atoms. The van der Waals surface area contributed by atoms with Crippen LogP contribution >= 0.6 is 0 Å². The zero-order valence-electron chi connectivity index (χ0n) is 29.5. The second kappa shape index (κ2) is 29.3. The maximum atomic E-state index is 12.8. The molecule has 6 N–H and O–H groups in total. The summed E-state index contributed by atoms with van der Waals surface area (Å²) in [6.07, 6.45) is 26.2. The molecular weight excluding hydrogens is 598 g/mol. The number of aliphatic hydroxyl groups is 5. The van der Waals surface area contributed by atoms with Crippen molar-refractivity contribution in [2.24, 2.45) is 0 Å². The van der Waals surface area contributed by atoms with Gasteiger partial charge in [-0.2, -0.15) is 0 Å². The van der Waals surface area contributed by atoms with Gasteiger partial charge in [-0.25, -0.2) is 0 Å². The maximum Gasteiger partial charge on any atom is 0.220 e. The molecule has 7 unspecified atom stereocenters. The molecule has 1 aliphatic rings. The largest absolute Gasteiger partial charge is 0.394 e. The molecule has 1 saturated heterocycles. The van der Waals surface area contributed by atoms with Crippen molar-refractivity contribution in [2.45, 2.75) is 185 Å². The Labute approximate surface area is 285 Å². The molecule has 1 fully saturated rings. The molecule has 0 aromatic carbocycles. The first-order valence-electron chi connectivity index (χ1n) is 18.7. The van der Waals surface area contributed by atoms with Crippen LogP contribution in [0.25, 0.3) is 0 Å². The molecule has 0 aromatic heterocycles. The summed E-state index contributed by atoms with van der Waals surface area (Å²) < 4.78 is 11.1. The molecule has 7 atom stereocenters. The average Bonchev–Trinajstić information content (AvgIpc) is 3.07. The highest BCUT2D eigenvalue weighted by Gasteiger charge is 2.44. The monoisotopic (exact) mass is 668 g/mol.